The van der Waals surface area contributed by atoms with Crippen molar-refractivity contribution in [2.75, 3.05) is 11.9 Å². The first-order valence-electron chi connectivity index (χ1n) is 8.43. The van der Waals surface area contributed by atoms with Crippen LogP contribution in [0.15, 0.2) is 59.1 Å². The van der Waals surface area contributed by atoms with E-state index in [0.717, 1.165) is 5.56 Å². The van der Waals surface area contributed by atoms with Gasteiger partial charge >= 0.3 is 6.09 Å². The molecule has 1 heterocycles. The van der Waals surface area contributed by atoms with Crippen LogP contribution in [-0.2, 0) is 0 Å². The van der Waals surface area contributed by atoms with Crippen molar-refractivity contribution in [3.63, 3.8) is 0 Å². The Morgan fingerprint density at radius 1 is 1.17 bits per heavy atom. The van der Waals surface area contributed by atoms with Gasteiger partial charge in [0.1, 0.15) is 10.3 Å². The molecule has 4 N–H and O–H groups in total. The number of carbonyl (C=O) groups is 2. The van der Waals surface area contributed by atoms with Crippen molar-refractivity contribution in [3.05, 3.63) is 75.2 Å². The molecule has 3 rings (SSSR count). The van der Waals surface area contributed by atoms with Crippen LogP contribution in [0.4, 0.5) is 10.6 Å². The van der Waals surface area contributed by atoms with Gasteiger partial charge in [0.15, 0.2) is 0 Å². The van der Waals surface area contributed by atoms with Crippen molar-refractivity contribution < 1.29 is 19.4 Å². The monoisotopic (exact) mass is 478 g/mol. The van der Waals surface area contributed by atoms with Gasteiger partial charge in [-0.15, -0.1) is 5.10 Å². The highest BCUT2D eigenvalue weighted by atomic mass is 79.9. The van der Waals surface area contributed by atoms with Gasteiger partial charge in [-0.05, 0) is 33.6 Å². The van der Waals surface area contributed by atoms with Crippen LogP contribution in [0.3, 0.4) is 0 Å². The summed E-state index contributed by atoms with van der Waals surface area (Å²) in [5.41, 5.74) is 1.00. The van der Waals surface area contributed by atoms with E-state index in [9.17, 15) is 14.7 Å². The number of ether oxygens (including phenoxy) is 1. The minimum Gasteiger partial charge on any atom is -0.394 e. The number of aliphatic hydroxyl groups is 1. The summed E-state index contributed by atoms with van der Waals surface area (Å²) in [7, 11) is 0. The zero-order valence-corrected chi connectivity index (χ0v) is 17.2. The normalized spacial score (nSPS) is 11.6. The number of aromatic nitrogens is 2. The SMILES string of the molecule is O=C(N[C@H](CO)c1ccccc1)Oc1n[nH]c(NC(=O)c2ccccc2Cl)c1Br. The van der Waals surface area contributed by atoms with Crippen LogP contribution in [0.2, 0.25) is 5.02 Å². The number of halogens is 2. The summed E-state index contributed by atoms with van der Waals surface area (Å²) in [6.45, 7) is -0.306. The zero-order valence-electron chi connectivity index (χ0n) is 14.9. The molecular formula is C19H16BrClN4O4. The number of hydrogen-bond acceptors (Lipinski definition) is 5. The van der Waals surface area contributed by atoms with E-state index in [-0.39, 0.29) is 28.3 Å². The molecule has 0 saturated carbocycles. The molecule has 2 aromatic carbocycles. The van der Waals surface area contributed by atoms with Crippen LogP contribution < -0.4 is 15.4 Å². The molecule has 0 spiro atoms. The van der Waals surface area contributed by atoms with Crippen molar-refractivity contribution in [2.24, 2.45) is 0 Å². The number of aliphatic hydroxyl groups excluding tert-OH is 1. The van der Waals surface area contributed by atoms with Crippen LogP contribution in [0.1, 0.15) is 22.0 Å². The minimum atomic E-state index is -0.816. The summed E-state index contributed by atoms with van der Waals surface area (Å²) in [6, 6.07) is 14.9. The smallest absolute Gasteiger partial charge is 0.394 e. The highest BCUT2D eigenvalue weighted by Crippen LogP contribution is 2.30. The van der Waals surface area contributed by atoms with Crippen molar-refractivity contribution in [3.8, 4) is 5.88 Å². The average molecular weight is 480 g/mol. The van der Waals surface area contributed by atoms with Crippen LogP contribution in [0, 0.1) is 0 Å². The first kappa shape index (κ1) is 20.8. The summed E-state index contributed by atoms with van der Waals surface area (Å²) in [5, 5.41) is 21.4. The molecule has 1 aromatic heterocycles. The van der Waals surface area contributed by atoms with Crippen molar-refractivity contribution in [1.29, 1.82) is 0 Å². The molecule has 150 valence electrons. The van der Waals surface area contributed by atoms with Gasteiger partial charge in [-0.1, -0.05) is 54.1 Å². The van der Waals surface area contributed by atoms with Crippen LogP contribution in [0.5, 0.6) is 5.88 Å². The number of benzene rings is 2. The third-order valence-corrected chi connectivity index (χ3v) is 4.96. The van der Waals surface area contributed by atoms with Crippen molar-refractivity contribution in [1.82, 2.24) is 15.5 Å². The number of anilines is 1. The number of nitrogens with one attached hydrogen (secondary N) is 3. The third kappa shape index (κ3) is 5.14. The number of hydrogen-bond donors (Lipinski definition) is 4. The van der Waals surface area contributed by atoms with Gasteiger partial charge in [-0.2, -0.15) is 0 Å². The minimum absolute atomic E-state index is 0.0817. The molecule has 0 saturated heterocycles. The van der Waals surface area contributed by atoms with Gasteiger partial charge in [-0.25, -0.2) is 4.79 Å². The van der Waals surface area contributed by atoms with Gasteiger partial charge < -0.3 is 20.5 Å². The lowest BCUT2D eigenvalue weighted by molar-refractivity contribution is 0.102. The van der Waals surface area contributed by atoms with Crippen LogP contribution >= 0.6 is 27.5 Å². The first-order chi connectivity index (χ1) is 14.0. The molecule has 29 heavy (non-hydrogen) atoms. The summed E-state index contributed by atoms with van der Waals surface area (Å²) >= 11 is 9.25. The largest absolute Gasteiger partial charge is 0.414 e. The molecule has 0 bridgehead atoms. The highest BCUT2D eigenvalue weighted by Gasteiger charge is 2.20. The Bertz CT molecular complexity index is 1010. The van der Waals surface area contributed by atoms with E-state index in [0.29, 0.717) is 5.02 Å². The second-order valence-corrected chi connectivity index (χ2v) is 7.03. The molecule has 0 aliphatic heterocycles. The molecule has 3 aromatic rings. The Kier molecular flexibility index (Phi) is 6.86. The molecule has 10 heteroatoms. The fourth-order valence-corrected chi connectivity index (χ4v) is 3.05. The van der Waals surface area contributed by atoms with Gasteiger partial charge in [0, 0.05) is 0 Å². The van der Waals surface area contributed by atoms with Crippen molar-refractivity contribution in [2.45, 2.75) is 6.04 Å². The van der Waals surface area contributed by atoms with E-state index in [2.05, 4.69) is 36.8 Å². The Morgan fingerprint density at radius 2 is 1.86 bits per heavy atom. The zero-order chi connectivity index (χ0) is 20.8. The quantitative estimate of drug-likeness (QED) is 0.428. The molecule has 0 aliphatic carbocycles. The fraction of sp³-hybridized carbons (Fsp3) is 0.105. The number of aromatic amines is 1. The average Bonchev–Trinajstić information content (AvgIpc) is 3.06. The molecule has 0 radical (unpaired) electrons. The number of nitrogens with zero attached hydrogens (tertiary/aromatic N) is 1. The standard InChI is InChI=1S/C19H16BrClN4O4/c20-15-16(23-17(27)12-8-4-5-9-13(12)21)24-25-18(15)29-19(28)22-14(10-26)11-6-2-1-3-7-11/h1-9,14,26H,10H2,(H,22,28)(H2,23,24,25,27)/t14-/m1/s1. The van der Waals surface area contributed by atoms with Gasteiger partial charge in [0.25, 0.3) is 11.8 Å². The Hall–Kier alpha value is -2.88. The van der Waals surface area contributed by atoms with Crippen LogP contribution in [0.25, 0.3) is 0 Å². The number of amides is 2. The van der Waals surface area contributed by atoms with E-state index in [1.54, 1.807) is 48.5 Å². The highest BCUT2D eigenvalue weighted by molar-refractivity contribution is 9.10. The first-order valence-corrected chi connectivity index (χ1v) is 9.60. The second kappa shape index (κ2) is 9.55. The predicted molar refractivity (Wildman–Crippen MR) is 111 cm³/mol. The molecular weight excluding hydrogens is 464 g/mol. The fourth-order valence-electron chi connectivity index (χ4n) is 2.47. The van der Waals surface area contributed by atoms with Crippen molar-refractivity contribution >= 4 is 45.3 Å². The maximum absolute atomic E-state index is 12.3. The van der Waals surface area contributed by atoms with E-state index < -0.39 is 18.0 Å². The topological polar surface area (TPSA) is 116 Å². The van der Waals surface area contributed by atoms with Gasteiger partial charge in [-0.3, -0.25) is 9.89 Å². The Morgan fingerprint density at radius 3 is 2.55 bits per heavy atom. The third-order valence-electron chi connectivity index (χ3n) is 3.90. The maximum atomic E-state index is 12.3. The number of carbonyl (C=O) groups excluding carboxylic acids is 2. The molecule has 8 nitrogen and oxygen atoms in total. The summed E-state index contributed by atoms with van der Waals surface area (Å²) < 4.78 is 5.41. The van der Waals surface area contributed by atoms with E-state index in [1.165, 1.54) is 0 Å². The number of H-pyrrole nitrogens is 1. The maximum Gasteiger partial charge on any atom is 0.414 e. The lowest BCUT2D eigenvalue weighted by atomic mass is 10.1. The van der Waals surface area contributed by atoms with Gasteiger partial charge in [0.05, 0.1) is 23.2 Å². The lowest BCUT2D eigenvalue weighted by Crippen LogP contribution is -2.33. The van der Waals surface area contributed by atoms with Gasteiger partial charge in [0.2, 0.25) is 0 Å². The Balaban J connectivity index is 1.65. The summed E-state index contributed by atoms with van der Waals surface area (Å²) in [5.74, 6) is -0.346. The van der Waals surface area contributed by atoms with E-state index in [4.69, 9.17) is 16.3 Å². The van der Waals surface area contributed by atoms with E-state index >= 15 is 0 Å². The predicted octanol–water partition coefficient (Wildman–Crippen LogP) is 3.90. The number of rotatable bonds is 6. The lowest BCUT2D eigenvalue weighted by Gasteiger charge is -2.15. The van der Waals surface area contributed by atoms with Crippen LogP contribution in [-0.4, -0.2) is 33.9 Å². The molecule has 0 unspecified atom stereocenters. The molecule has 1 atom stereocenters. The molecule has 0 aliphatic rings. The Labute approximate surface area is 179 Å². The second-order valence-electron chi connectivity index (χ2n) is 5.83. The summed E-state index contributed by atoms with van der Waals surface area (Å²) in [6.07, 6.45) is -0.816. The molecule has 0 fully saturated rings. The molecule has 2 amide bonds. The summed E-state index contributed by atoms with van der Waals surface area (Å²) in [4.78, 5) is 24.5. The van der Waals surface area contributed by atoms with E-state index in [1.807, 2.05) is 6.07 Å².